The number of piperidine rings is 1. The molecule has 1 heterocycles. The lowest BCUT2D eigenvalue weighted by molar-refractivity contribution is 0.1000. The average molecular weight is 376 g/mol. The monoisotopic (exact) mass is 375 g/mol. The van der Waals surface area contributed by atoms with Crippen LogP contribution in [0.1, 0.15) is 23.2 Å². The van der Waals surface area contributed by atoms with Crippen molar-refractivity contribution in [2.75, 3.05) is 19.6 Å². The van der Waals surface area contributed by atoms with Crippen LogP contribution in [0.3, 0.4) is 0 Å². The van der Waals surface area contributed by atoms with Gasteiger partial charge in [-0.25, -0.2) is 8.42 Å². The van der Waals surface area contributed by atoms with Crippen molar-refractivity contribution in [1.82, 2.24) is 4.31 Å². The first kappa shape index (κ1) is 16.4. The van der Waals surface area contributed by atoms with Crippen LogP contribution in [0.4, 0.5) is 0 Å². The van der Waals surface area contributed by atoms with Gasteiger partial charge in [0.1, 0.15) is 0 Å². The third-order valence-corrected chi connectivity index (χ3v) is 5.91. The van der Waals surface area contributed by atoms with E-state index >= 15 is 0 Å². The van der Waals surface area contributed by atoms with Crippen LogP contribution in [0, 0.1) is 5.92 Å². The van der Waals surface area contributed by atoms with Crippen LogP contribution in [0.25, 0.3) is 0 Å². The first-order valence-electron chi connectivity index (χ1n) is 6.65. The summed E-state index contributed by atoms with van der Waals surface area (Å²) >= 11 is 3.21. The fourth-order valence-electron chi connectivity index (χ4n) is 2.44. The maximum atomic E-state index is 12.7. The summed E-state index contributed by atoms with van der Waals surface area (Å²) in [6.07, 6.45) is 1.73. The van der Waals surface area contributed by atoms with Crippen molar-refractivity contribution < 1.29 is 13.2 Å². The molecule has 1 saturated heterocycles. The lowest BCUT2D eigenvalue weighted by atomic mass is 10.0. The summed E-state index contributed by atoms with van der Waals surface area (Å²) in [6.45, 7) is 1.35. The minimum atomic E-state index is -3.64. The van der Waals surface area contributed by atoms with Crippen molar-refractivity contribution in [3.63, 3.8) is 0 Å². The Kier molecular flexibility index (Phi) is 5.03. The first-order chi connectivity index (χ1) is 9.84. The first-order valence-corrected chi connectivity index (χ1v) is 8.88. The van der Waals surface area contributed by atoms with Crippen molar-refractivity contribution in [3.8, 4) is 0 Å². The molecule has 0 radical (unpaired) electrons. The van der Waals surface area contributed by atoms with Crippen LogP contribution in [0.2, 0.25) is 0 Å². The van der Waals surface area contributed by atoms with Gasteiger partial charge >= 0.3 is 0 Å². The zero-order valence-corrected chi connectivity index (χ0v) is 13.9. The summed E-state index contributed by atoms with van der Waals surface area (Å²) < 4.78 is 27.3. The molecule has 4 N–H and O–H groups in total. The molecule has 21 heavy (non-hydrogen) atoms. The number of sulfonamides is 1. The summed E-state index contributed by atoms with van der Waals surface area (Å²) in [5.74, 6) is -0.484. The van der Waals surface area contributed by atoms with Crippen LogP contribution in [0.15, 0.2) is 27.6 Å². The highest BCUT2D eigenvalue weighted by Gasteiger charge is 2.30. The smallest absolute Gasteiger partial charge is 0.248 e. The number of nitrogens with two attached hydrogens (primary N) is 2. The van der Waals surface area contributed by atoms with Crippen molar-refractivity contribution in [1.29, 1.82) is 0 Å². The maximum absolute atomic E-state index is 12.7. The molecule has 6 nitrogen and oxygen atoms in total. The normalized spacial score (nSPS) is 20.4. The predicted molar refractivity (Wildman–Crippen MR) is 83.2 cm³/mol. The molecule has 1 unspecified atom stereocenters. The maximum Gasteiger partial charge on any atom is 0.248 e. The summed E-state index contributed by atoms with van der Waals surface area (Å²) in [6, 6.07) is 4.29. The second-order valence-electron chi connectivity index (χ2n) is 5.15. The van der Waals surface area contributed by atoms with Gasteiger partial charge in [-0.2, -0.15) is 4.31 Å². The molecule has 1 amide bonds. The highest BCUT2D eigenvalue weighted by Crippen LogP contribution is 2.26. The molecule has 0 aromatic heterocycles. The Morgan fingerprint density at radius 3 is 2.71 bits per heavy atom. The second-order valence-corrected chi connectivity index (χ2v) is 8.00. The minimum absolute atomic E-state index is 0.0725. The number of primary amides is 1. The van der Waals surface area contributed by atoms with E-state index in [1.807, 2.05) is 0 Å². The van der Waals surface area contributed by atoms with Crippen LogP contribution in [-0.4, -0.2) is 38.3 Å². The fraction of sp³-hybridized carbons (Fsp3) is 0.462. The molecule has 1 aliphatic heterocycles. The van der Waals surface area contributed by atoms with E-state index in [1.165, 1.54) is 22.5 Å². The second kappa shape index (κ2) is 6.43. The molecular weight excluding hydrogens is 358 g/mol. The summed E-state index contributed by atoms with van der Waals surface area (Å²) in [5.41, 5.74) is 11.0. The number of nitrogens with zero attached hydrogens (tertiary/aromatic N) is 1. The Bertz CT molecular complexity index is 648. The Morgan fingerprint density at radius 2 is 2.10 bits per heavy atom. The molecule has 1 atom stereocenters. The molecule has 1 aliphatic rings. The van der Waals surface area contributed by atoms with Crippen LogP contribution < -0.4 is 11.5 Å². The molecule has 1 aromatic rings. The third kappa shape index (κ3) is 3.63. The number of amides is 1. The Morgan fingerprint density at radius 1 is 1.38 bits per heavy atom. The molecule has 0 saturated carbocycles. The molecular formula is C13H18BrN3O3S. The topological polar surface area (TPSA) is 106 Å². The number of halogens is 1. The molecule has 0 bridgehead atoms. The average Bonchev–Trinajstić information content (AvgIpc) is 2.46. The Hall–Kier alpha value is -0.960. The molecule has 1 aromatic carbocycles. The largest absolute Gasteiger partial charge is 0.366 e. The third-order valence-electron chi connectivity index (χ3n) is 3.61. The van der Waals surface area contributed by atoms with E-state index in [0.29, 0.717) is 24.1 Å². The van der Waals surface area contributed by atoms with E-state index in [1.54, 1.807) is 0 Å². The molecule has 116 valence electrons. The zero-order valence-electron chi connectivity index (χ0n) is 11.5. The van der Waals surface area contributed by atoms with Gasteiger partial charge in [0.15, 0.2) is 0 Å². The van der Waals surface area contributed by atoms with Crippen LogP contribution >= 0.6 is 15.9 Å². The predicted octanol–water partition coefficient (Wildman–Crippen LogP) is 0.907. The van der Waals surface area contributed by atoms with Crippen LogP contribution in [0.5, 0.6) is 0 Å². The van der Waals surface area contributed by atoms with Crippen molar-refractivity contribution in [2.45, 2.75) is 17.7 Å². The summed E-state index contributed by atoms with van der Waals surface area (Å²) in [5, 5.41) is 0. The standard InChI is InChI=1S/C13H18BrN3O3S/c14-11-4-10(13(16)18)5-12(6-11)21(19,20)17-3-1-2-9(7-15)8-17/h4-6,9H,1-3,7-8,15H2,(H2,16,18). The van der Waals surface area contributed by atoms with Gasteiger partial charge in [-0.15, -0.1) is 0 Å². The number of carbonyl (C=O) groups is 1. The lowest BCUT2D eigenvalue weighted by Gasteiger charge is -2.31. The number of benzene rings is 1. The molecule has 8 heteroatoms. The van der Waals surface area contributed by atoms with E-state index in [-0.39, 0.29) is 16.4 Å². The zero-order chi connectivity index (χ0) is 15.6. The lowest BCUT2D eigenvalue weighted by Crippen LogP contribution is -2.42. The molecule has 0 aliphatic carbocycles. The van der Waals surface area contributed by atoms with Crippen molar-refractivity contribution >= 4 is 31.9 Å². The Labute approximate surface area is 132 Å². The number of hydrogen-bond acceptors (Lipinski definition) is 4. The Balaban J connectivity index is 2.37. The summed E-state index contributed by atoms with van der Waals surface area (Å²) in [7, 11) is -3.64. The van der Waals surface area contributed by atoms with E-state index in [4.69, 9.17) is 11.5 Å². The van der Waals surface area contributed by atoms with Crippen molar-refractivity contribution in [2.24, 2.45) is 17.4 Å². The van der Waals surface area contributed by atoms with Gasteiger partial charge in [0.25, 0.3) is 0 Å². The highest BCUT2D eigenvalue weighted by molar-refractivity contribution is 9.10. The minimum Gasteiger partial charge on any atom is -0.366 e. The van der Waals surface area contributed by atoms with Gasteiger partial charge in [0.05, 0.1) is 4.90 Å². The van der Waals surface area contributed by atoms with E-state index in [9.17, 15) is 13.2 Å². The van der Waals surface area contributed by atoms with Gasteiger partial charge in [0, 0.05) is 23.1 Å². The van der Waals surface area contributed by atoms with Crippen molar-refractivity contribution in [3.05, 3.63) is 28.2 Å². The molecule has 2 rings (SSSR count). The van der Waals surface area contributed by atoms with Gasteiger partial charge < -0.3 is 11.5 Å². The number of carbonyl (C=O) groups excluding carboxylic acids is 1. The van der Waals surface area contributed by atoms with Gasteiger partial charge in [0.2, 0.25) is 15.9 Å². The highest BCUT2D eigenvalue weighted by atomic mass is 79.9. The van der Waals surface area contributed by atoms with Gasteiger partial charge in [-0.05, 0) is 43.5 Å². The van der Waals surface area contributed by atoms with E-state index in [0.717, 1.165) is 12.8 Å². The SMILES string of the molecule is NCC1CCCN(S(=O)(=O)c2cc(Br)cc(C(N)=O)c2)C1. The van der Waals surface area contributed by atoms with Gasteiger partial charge in [-0.3, -0.25) is 4.79 Å². The number of hydrogen-bond donors (Lipinski definition) is 2. The van der Waals surface area contributed by atoms with E-state index < -0.39 is 15.9 Å². The van der Waals surface area contributed by atoms with Gasteiger partial charge in [-0.1, -0.05) is 15.9 Å². The molecule has 0 spiro atoms. The molecule has 1 fully saturated rings. The van der Waals surface area contributed by atoms with Crippen LogP contribution in [-0.2, 0) is 10.0 Å². The fourth-order valence-corrected chi connectivity index (χ4v) is 4.71. The number of rotatable bonds is 4. The quantitative estimate of drug-likeness (QED) is 0.815. The van der Waals surface area contributed by atoms with E-state index in [2.05, 4.69) is 15.9 Å². The summed E-state index contributed by atoms with van der Waals surface area (Å²) in [4.78, 5) is 11.4.